The van der Waals surface area contributed by atoms with E-state index >= 15 is 0 Å². The second-order valence-corrected chi connectivity index (χ2v) is 6.59. The van der Waals surface area contributed by atoms with E-state index in [1.54, 1.807) is 12.1 Å². The normalized spacial score (nSPS) is 17.2. The fourth-order valence-electron chi connectivity index (χ4n) is 2.86. The molecule has 1 aliphatic rings. The number of nitrogens with zero attached hydrogens (tertiary/aromatic N) is 1. The van der Waals surface area contributed by atoms with Crippen LogP contribution in [0.4, 0.5) is 5.69 Å². The second kappa shape index (κ2) is 8.63. The molecule has 0 saturated carbocycles. The quantitative estimate of drug-likeness (QED) is 0.652. The van der Waals surface area contributed by atoms with Crippen LogP contribution in [0.15, 0.2) is 53.5 Å². The highest BCUT2D eigenvalue weighted by Crippen LogP contribution is 2.17. The number of hydrogen-bond donors (Lipinski definition) is 2. The van der Waals surface area contributed by atoms with Gasteiger partial charge in [0.25, 0.3) is 5.91 Å². The zero-order valence-electron chi connectivity index (χ0n) is 15.3. The summed E-state index contributed by atoms with van der Waals surface area (Å²) in [6.07, 6.45) is 2.20. The standard InChI is InChI=1S/C21H25N3O2/c1-15-10-11-16(2)19(13-15)23-21(22-14-18-9-6-12-26-18)24-20(25)17-7-4-3-5-8-17/h3-5,7-8,10-11,13,18H,6,9,12,14H2,1-2H3,(H2,22,23,24,25). The van der Waals surface area contributed by atoms with E-state index in [0.717, 1.165) is 36.3 Å². The molecule has 1 saturated heterocycles. The van der Waals surface area contributed by atoms with E-state index in [2.05, 4.69) is 21.7 Å². The van der Waals surface area contributed by atoms with E-state index in [-0.39, 0.29) is 12.0 Å². The van der Waals surface area contributed by atoms with Crippen LogP contribution in [0.1, 0.15) is 34.3 Å². The molecule has 1 fully saturated rings. The van der Waals surface area contributed by atoms with Crippen molar-refractivity contribution in [1.82, 2.24) is 5.32 Å². The number of carbonyl (C=O) groups is 1. The number of anilines is 1. The van der Waals surface area contributed by atoms with Crippen molar-refractivity contribution >= 4 is 17.6 Å². The lowest BCUT2D eigenvalue weighted by Crippen LogP contribution is -2.37. The average Bonchev–Trinajstić information content (AvgIpc) is 3.17. The van der Waals surface area contributed by atoms with Gasteiger partial charge in [0.05, 0.1) is 12.6 Å². The number of nitrogens with one attached hydrogen (secondary N) is 2. The molecule has 136 valence electrons. The van der Waals surface area contributed by atoms with Crippen LogP contribution in [0.3, 0.4) is 0 Å². The molecule has 26 heavy (non-hydrogen) atoms. The number of guanidine groups is 1. The Kier molecular flexibility index (Phi) is 6.02. The van der Waals surface area contributed by atoms with Crippen molar-refractivity contribution in [1.29, 1.82) is 0 Å². The molecule has 1 aliphatic heterocycles. The highest BCUT2D eigenvalue weighted by molar-refractivity contribution is 6.10. The van der Waals surface area contributed by atoms with Gasteiger partial charge in [-0.2, -0.15) is 0 Å². The summed E-state index contributed by atoms with van der Waals surface area (Å²) in [6.45, 7) is 5.38. The van der Waals surface area contributed by atoms with Crippen LogP contribution < -0.4 is 10.6 Å². The van der Waals surface area contributed by atoms with E-state index in [9.17, 15) is 4.79 Å². The molecule has 0 spiro atoms. The predicted molar refractivity (Wildman–Crippen MR) is 105 cm³/mol. The van der Waals surface area contributed by atoms with Crippen molar-refractivity contribution in [2.24, 2.45) is 4.99 Å². The number of amides is 1. The molecule has 3 rings (SSSR count). The summed E-state index contributed by atoms with van der Waals surface area (Å²) in [7, 11) is 0. The summed E-state index contributed by atoms with van der Waals surface area (Å²) in [5, 5.41) is 6.17. The summed E-state index contributed by atoms with van der Waals surface area (Å²) in [6, 6.07) is 15.3. The summed E-state index contributed by atoms with van der Waals surface area (Å²) in [5.74, 6) is 0.262. The lowest BCUT2D eigenvalue weighted by molar-refractivity contribution is 0.0975. The highest BCUT2D eigenvalue weighted by Gasteiger charge is 2.16. The van der Waals surface area contributed by atoms with Crippen LogP contribution in [0, 0.1) is 13.8 Å². The monoisotopic (exact) mass is 351 g/mol. The molecule has 0 aliphatic carbocycles. The van der Waals surface area contributed by atoms with Crippen molar-refractivity contribution < 1.29 is 9.53 Å². The first-order chi connectivity index (χ1) is 12.6. The molecule has 2 aromatic rings. The molecular weight excluding hydrogens is 326 g/mol. The molecule has 5 nitrogen and oxygen atoms in total. The van der Waals surface area contributed by atoms with Gasteiger partial charge in [0.15, 0.2) is 0 Å². The van der Waals surface area contributed by atoms with Gasteiger partial charge in [0.1, 0.15) is 0 Å². The molecule has 2 N–H and O–H groups in total. The molecular formula is C21H25N3O2. The van der Waals surface area contributed by atoms with Crippen LogP contribution in [-0.2, 0) is 4.74 Å². The van der Waals surface area contributed by atoms with Crippen LogP contribution in [0.5, 0.6) is 0 Å². The Labute approximate surface area is 154 Å². The summed E-state index contributed by atoms with van der Waals surface area (Å²) >= 11 is 0. The zero-order chi connectivity index (χ0) is 18.4. The molecule has 5 heteroatoms. The van der Waals surface area contributed by atoms with Crippen LogP contribution >= 0.6 is 0 Å². The van der Waals surface area contributed by atoms with E-state index in [4.69, 9.17) is 4.74 Å². The summed E-state index contributed by atoms with van der Waals surface area (Å²) < 4.78 is 5.64. The Balaban J connectivity index is 1.77. The minimum atomic E-state index is -0.186. The minimum absolute atomic E-state index is 0.124. The van der Waals surface area contributed by atoms with E-state index < -0.39 is 0 Å². The molecule has 1 amide bonds. The summed E-state index contributed by atoms with van der Waals surface area (Å²) in [5.41, 5.74) is 3.77. The van der Waals surface area contributed by atoms with E-state index in [1.807, 2.05) is 44.2 Å². The first kappa shape index (κ1) is 18.1. The van der Waals surface area contributed by atoms with Crippen LogP contribution in [-0.4, -0.2) is 31.1 Å². The van der Waals surface area contributed by atoms with Gasteiger partial charge < -0.3 is 10.1 Å². The number of aryl methyl sites for hydroxylation is 2. The van der Waals surface area contributed by atoms with Crippen LogP contribution in [0.25, 0.3) is 0 Å². The smallest absolute Gasteiger partial charge is 0.257 e. The van der Waals surface area contributed by atoms with Crippen molar-refractivity contribution in [3.63, 3.8) is 0 Å². The largest absolute Gasteiger partial charge is 0.376 e. The minimum Gasteiger partial charge on any atom is -0.376 e. The third-order valence-corrected chi connectivity index (χ3v) is 4.39. The summed E-state index contributed by atoms with van der Waals surface area (Å²) in [4.78, 5) is 17.1. The maximum absolute atomic E-state index is 12.5. The topological polar surface area (TPSA) is 62.7 Å². The Hall–Kier alpha value is -2.66. The fraction of sp³-hybridized carbons (Fsp3) is 0.333. The van der Waals surface area contributed by atoms with Crippen molar-refractivity contribution in [2.75, 3.05) is 18.5 Å². The highest BCUT2D eigenvalue weighted by atomic mass is 16.5. The van der Waals surface area contributed by atoms with Crippen molar-refractivity contribution in [3.8, 4) is 0 Å². The molecule has 0 bridgehead atoms. The average molecular weight is 351 g/mol. The van der Waals surface area contributed by atoms with Gasteiger partial charge in [-0.05, 0) is 56.0 Å². The number of carbonyl (C=O) groups excluding carboxylic acids is 1. The Bertz CT molecular complexity index is 781. The molecule has 1 unspecified atom stereocenters. The van der Waals surface area contributed by atoms with Crippen molar-refractivity contribution in [3.05, 3.63) is 65.2 Å². The fourth-order valence-corrected chi connectivity index (χ4v) is 2.86. The Morgan fingerprint density at radius 2 is 2.00 bits per heavy atom. The van der Waals surface area contributed by atoms with Gasteiger partial charge in [-0.15, -0.1) is 0 Å². The number of benzene rings is 2. The maximum Gasteiger partial charge on any atom is 0.257 e. The Morgan fingerprint density at radius 3 is 2.73 bits per heavy atom. The number of ether oxygens (including phenoxy) is 1. The van der Waals surface area contributed by atoms with Gasteiger partial charge in [-0.3, -0.25) is 10.1 Å². The third-order valence-electron chi connectivity index (χ3n) is 4.39. The number of hydrogen-bond acceptors (Lipinski definition) is 3. The van der Waals surface area contributed by atoms with Gasteiger partial charge in [-0.1, -0.05) is 30.3 Å². The van der Waals surface area contributed by atoms with Gasteiger partial charge >= 0.3 is 0 Å². The molecule has 0 radical (unpaired) electrons. The predicted octanol–water partition coefficient (Wildman–Crippen LogP) is 3.68. The number of rotatable bonds is 4. The SMILES string of the molecule is Cc1ccc(C)c(NC(=NCC2CCCO2)NC(=O)c2ccccc2)c1. The van der Waals surface area contributed by atoms with Gasteiger partial charge in [0, 0.05) is 17.9 Å². The molecule has 0 aromatic heterocycles. The molecule has 1 atom stereocenters. The van der Waals surface area contributed by atoms with Gasteiger partial charge in [0.2, 0.25) is 5.96 Å². The van der Waals surface area contributed by atoms with Crippen LogP contribution in [0.2, 0.25) is 0 Å². The van der Waals surface area contributed by atoms with E-state index in [1.165, 1.54) is 0 Å². The number of aliphatic imine (C=N–C) groups is 1. The lowest BCUT2D eigenvalue weighted by atomic mass is 10.1. The molecule has 1 heterocycles. The lowest BCUT2D eigenvalue weighted by Gasteiger charge is -2.15. The first-order valence-corrected chi connectivity index (χ1v) is 8.98. The maximum atomic E-state index is 12.5. The zero-order valence-corrected chi connectivity index (χ0v) is 15.3. The Morgan fingerprint density at radius 1 is 1.19 bits per heavy atom. The third kappa shape index (κ3) is 4.92. The van der Waals surface area contributed by atoms with Crippen molar-refractivity contribution in [2.45, 2.75) is 32.8 Å². The van der Waals surface area contributed by atoms with Gasteiger partial charge in [-0.25, -0.2) is 4.99 Å². The first-order valence-electron chi connectivity index (χ1n) is 8.98. The molecule has 2 aromatic carbocycles. The van der Waals surface area contributed by atoms with E-state index in [0.29, 0.717) is 18.1 Å². The second-order valence-electron chi connectivity index (χ2n) is 6.59.